The number of aliphatic hydroxyl groups excluding tert-OH is 1. The Kier molecular flexibility index (Phi) is 25.6. The molecule has 12 aromatic rings. The summed E-state index contributed by atoms with van der Waals surface area (Å²) in [6.07, 6.45) is -0.221. The molecule has 4 aliphatic rings. The fourth-order valence-electron chi connectivity index (χ4n) is 13.5. The molecular weight excluding hydrogens is 1710 g/mol. The van der Waals surface area contributed by atoms with Crippen LogP contribution in [-0.2, 0) is 28.7 Å². The highest BCUT2D eigenvalue weighted by molar-refractivity contribution is 6.32. The molecule has 16 rings (SSSR count). The van der Waals surface area contributed by atoms with Crippen molar-refractivity contribution in [3.8, 4) is 45.6 Å². The lowest BCUT2D eigenvalue weighted by molar-refractivity contribution is -0.141. The third kappa shape index (κ3) is 20.8. The van der Waals surface area contributed by atoms with Crippen molar-refractivity contribution >= 4 is 137 Å². The van der Waals surface area contributed by atoms with E-state index in [1.165, 1.54) is 79.5 Å². The van der Waals surface area contributed by atoms with Gasteiger partial charge in [-0.3, -0.25) is 19.2 Å². The molecule has 1 unspecified atom stereocenters. The summed E-state index contributed by atoms with van der Waals surface area (Å²) < 4.78 is 175. The number of rotatable bonds is 19. The minimum absolute atomic E-state index is 0. The molecule has 4 fully saturated rings. The molecule has 5 atom stereocenters. The van der Waals surface area contributed by atoms with Gasteiger partial charge < -0.3 is 75.8 Å². The number of methoxy groups -OCH3 is 1. The number of H-pyrrole nitrogens is 4. The van der Waals surface area contributed by atoms with Crippen LogP contribution in [0.25, 0.3) is 89.7 Å². The summed E-state index contributed by atoms with van der Waals surface area (Å²) in [6.45, 7) is -5.20. The van der Waals surface area contributed by atoms with Crippen LogP contribution in [0.3, 0.4) is 0 Å². The molecular formula is C73H79Cl4F13N24O7. The number of anilines is 4. The standard InChI is InChI=1S/C19H18ClF3N6O2.C18H15ClF4N6O.2C18H16ClF3N6O2.7H2/c1-31-11-5-14(18(30)27-9-19(21,22)23)29(8-11)15-2-3-24-17(28-15)13-7-26-16-12(13)4-10(20)6-25-16;1-29(17(2-3-17)16(30)27-8-18(21,22)23)15-12(20)7-26-14(28-15)11-6-25-13-10(11)4-9(19)5-24-13;19-10-5-11-12(7-25-14(11)24-6-10)15-23-3-1-13(27-15)28-17(2-4-30-9-17)16(29)26-8-18(20,21)22;19-9-3-11-12(6-25-15(11)24-5-9)16-23-2-1-14(27-16)28-7-10(29)4-13(28)17(30)26-8-18(20,21)22;;;;;;;/h2-4,6-7,11,14H,5,8-9H2,1H3,(H,25,26)(H,27,30);4-7H,2-3,8H2,1H3,(H,24,25)(H,27,30);1,3,5-7H,2,4,8-9H2,(H,24,25)(H,26,29)(H,23,27,28);1-3,5-6,10,13,29H,4,7-8H2,(H,24,25)(H,26,30);7*1H/t11-,14+;;;10-,13-;;;;;;;/m0..1......./s1. The zero-order valence-corrected chi connectivity index (χ0v) is 65.5. The number of carbonyl (C=O) groups excluding carboxylic acids is 4. The van der Waals surface area contributed by atoms with E-state index in [9.17, 15) is 81.4 Å². The summed E-state index contributed by atoms with van der Waals surface area (Å²) in [5, 5.41) is 25.0. The Morgan fingerprint density at radius 3 is 1.35 bits per heavy atom. The van der Waals surface area contributed by atoms with Crippen molar-refractivity contribution in [1.29, 1.82) is 0 Å². The van der Waals surface area contributed by atoms with Crippen molar-refractivity contribution < 1.29 is 101 Å². The zero-order valence-electron chi connectivity index (χ0n) is 62.5. The van der Waals surface area contributed by atoms with Crippen LogP contribution in [0.1, 0.15) is 42.1 Å². The molecule has 1 saturated carbocycles. The van der Waals surface area contributed by atoms with Crippen LogP contribution in [0.5, 0.6) is 0 Å². The number of aliphatic hydroxyl groups is 1. The number of likely N-dealkylation sites (N-methyl/N-ethyl adjacent to an activating group) is 1. The van der Waals surface area contributed by atoms with Crippen LogP contribution in [0, 0.1) is 5.82 Å². The van der Waals surface area contributed by atoms with Gasteiger partial charge in [-0.2, -0.15) is 52.7 Å². The molecule has 0 aromatic carbocycles. The molecule has 4 amide bonds. The van der Waals surface area contributed by atoms with Gasteiger partial charge in [0.05, 0.1) is 45.1 Å². The number of pyridine rings is 4. The van der Waals surface area contributed by atoms with Crippen LogP contribution in [0.15, 0.2) is 117 Å². The van der Waals surface area contributed by atoms with Crippen molar-refractivity contribution in [3.63, 3.8) is 0 Å². The maximum absolute atomic E-state index is 14.5. The Balaban J connectivity index is 0.000000259. The van der Waals surface area contributed by atoms with Gasteiger partial charge in [0.2, 0.25) is 23.6 Å². The number of aromatic amines is 4. The predicted molar refractivity (Wildman–Crippen MR) is 430 cm³/mol. The molecule has 3 aliphatic heterocycles. The number of aromatic nitrogens is 16. The van der Waals surface area contributed by atoms with Gasteiger partial charge in [-0.25, -0.2) is 64.2 Å². The average molecular weight is 1790 g/mol. The lowest BCUT2D eigenvalue weighted by Gasteiger charge is -2.28. The number of fused-ring (bicyclic) bond motifs is 4. The first-order valence-electron chi connectivity index (χ1n) is 36.1. The Hall–Kier alpha value is -11.7. The van der Waals surface area contributed by atoms with Gasteiger partial charge in [-0.1, -0.05) is 46.4 Å². The number of amides is 4. The van der Waals surface area contributed by atoms with Crippen molar-refractivity contribution in [2.75, 3.05) is 86.7 Å². The molecule has 15 heterocycles. The minimum Gasteiger partial charge on any atom is -0.391 e. The highest BCUT2D eigenvalue weighted by Gasteiger charge is 2.55. The van der Waals surface area contributed by atoms with Gasteiger partial charge in [-0.05, 0) is 55.3 Å². The average Bonchev–Trinajstić information content (AvgIpc) is 1.59. The number of hydrogen-bond acceptors (Lipinski definition) is 23. The van der Waals surface area contributed by atoms with E-state index in [1.807, 2.05) is 21.3 Å². The number of nitrogens with zero attached hydrogens (tertiary/aromatic N) is 15. The fraction of sp³-hybridized carbons (Fsp3) is 0.342. The van der Waals surface area contributed by atoms with E-state index in [1.54, 1.807) is 60.0 Å². The van der Waals surface area contributed by atoms with E-state index in [-0.39, 0.29) is 85.4 Å². The first kappa shape index (κ1) is 87.1. The van der Waals surface area contributed by atoms with Gasteiger partial charge in [0, 0.05) is 175 Å². The van der Waals surface area contributed by atoms with Gasteiger partial charge in [-0.15, -0.1) is 0 Å². The van der Waals surface area contributed by atoms with Gasteiger partial charge in [0.25, 0.3) is 0 Å². The summed E-state index contributed by atoms with van der Waals surface area (Å²) in [4.78, 5) is 117. The molecule has 0 spiro atoms. The Labute approximate surface area is 703 Å². The number of halogens is 17. The Morgan fingerprint density at radius 1 is 0.537 bits per heavy atom. The quantitative estimate of drug-likeness (QED) is 0.0336. The van der Waals surface area contributed by atoms with Crippen molar-refractivity contribution in [2.45, 2.75) is 92.2 Å². The van der Waals surface area contributed by atoms with E-state index in [0.717, 1.165) is 11.6 Å². The van der Waals surface area contributed by atoms with Gasteiger partial charge in [0.15, 0.2) is 34.9 Å². The number of ether oxygens (including phenoxy) is 2. The number of β-amino-alcohol motifs (C(OH)–C–C–N with tert-alkyl or cyclic N) is 1. The topological polar surface area (TPSA) is 395 Å². The number of nitrogens with one attached hydrogen (secondary N) is 9. The third-order valence-corrected chi connectivity index (χ3v) is 20.3. The lowest BCUT2D eigenvalue weighted by Crippen LogP contribution is -2.54. The maximum atomic E-state index is 14.5. The normalized spacial score (nSPS) is 18.3. The summed E-state index contributed by atoms with van der Waals surface area (Å²) in [5.41, 5.74) is 2.12. The third-order valence-electron chi connectivity index (χ3n) is 19.4. The molecule has 652 valence electrons. The van der Waals surface area contributed by atoms with E-state index in [4.69, 9.17) is 55.9 Å². The van der Waals surface area contributed by atoms with Crippen LogP contribution in [0.2, 0.25) is 20.1 Å². The van der Waals surface area contributed by atoms with E-state index < -0.39 is 110 Å². The maximum Gasteiger partial charge on any atom is 0.405 e. The monoisotopic (exact) mass is 1790 g/mol. The molecule has 1 aliphatic carbocycles. The smallest absolute Gasteiger partial charge is 0.391 e. The summed E-state index contributed by atoms with van der Waals surface area (Å²) >= 11 is 24.1. The second-order valence-corrected chi connectivity index (χ2v) is 29.5. The summed E-state index contributed by atoms with van der Waals surface area (Å²) in [7, 11) is 2.91. The number of alkyl halides is 12. The van der Waals surface area contributed by atoms with Crippen molar-refractivity contribution in [3.05, 3.63) is 143 Å². The molecule has 10 N–H and O–H groups in total. The molecule has 48 heteroatoms. The highest BCUT2D eigenvalue weighted by Crippen LogP contribution is 2.45. The second-order valence-electron chi connectivity index (χ2n) is 27.8. The predicted octanol–water partition coefficient (Wildman–Crippen LogP) is 13.3. The highest BCUT2D eigenvalue weighted by atomic mass is 35.5. The SMILES string of the molecule is CN(c1nc(-c2c[nH]c3ncc(Cl)cc23)ncc1F)C1(C(=O)NCC(F)(F)F)CC1.CO[C@H]1C[C@H](C(=O)NCC(F)(F)F)N(c2ccnc(-c3c[nH]c4ncc(Cl)cc34)n2)C1.O=C(NCC(F)(F)F)C1(Nc2ccnc(-c3c[nH]c4ncc(Cl)cc34)n2)CCOC1.O=C(NCC(F)(F)F)[C@H]1C[C@@H](O)CN1c1ccnc(-c2c[nH]c3ncc(Cl)cc23)n1.[HH].[HH].[HH].[HH].[HH].[HH].[HH]. The molecule has 0 bridgehead atoms. The van der Waals surface area contributed by atoms with Crippen molar-refractivity contribution in [1.82, 2.24) is 101 Å². The summed E-state index contributed by atoms with van der Waals surface area (Å²) in [6, 6.07) is 9.64. The number of hydrogen-bond donors (Lipinski definition) is 10. The molecule has 0 radical (unpaired) electrons. The van der Waals surface area contributed by atoms with E-state index >= 15 is 0 Å². The zero-order chi connectivity index (χ0) is 86.7. The largest absolute Gasteiger partial charge is 0.405 e. The minimum atomic E-state index is -4.54. The lowest BCUT2D eigenvalue weighted by atomic mass is 9.97. The van der Waals surface area contributed by atoms with Crippen LogP contribution < -0.4 is 41.3 Å². The van der Waals surface area contributed by atoms with Gasteiger partial charge >= 0.3 is 24.7 Å². The Morgan fingerprint density at radius 2 is 0.934 bits per heavy atom. The second kappa shape index (κ2) is 35.5. The first-order chi connectivity index (χ1) is 57.3. The van der Waals surface area contributed by atoms with Crippen LogP contribution in [-0.4, -0.2) is 235 Å². The molecule has 31 nitrogen and oxygen atoms in total. The van der Waals surface area contributed by atoms with E-state index in [2.05, 4.69) is 85.1 Å². The van der Waals surface area contributed by atoms with Gasteiger partial charge in [0.1, 0.15) is 89.4 Å². The Bertz CT molecular complexity index is 5830. The molecule has 12 aromatic heterocycles. The van der Waals surface area contributed by atoms with Crippen molar-refractivity contribution in [2.24, 2.45) is 0 Å². The summed E-state index contributed by atoms with van der Waals surface area (Å²) in [5.74, 6) is -2.03. The molecule has 3 saturated heterocycles. The fourth-order valence-corrected chi connectivity index (χ4v) is 14.1. The van der Waals surface area contributed by atoms with E-state index in [0.29, 0.717) is 117 Å². The molecule has 121 heavy (non-hydrogen) atoms. The number of carbonyl (C=O) groups is 4. The first-order valence-corrected chi connectivity index (χ1v) is 37.6. The van der Waals surface area contributed by atoms with Crippen LogP contribution >= 0.6 is 46.4 Å². The van der Waals surface area contributed by atoms with Crippen LogP contribution in [0.4, 0.5) is 80.3 Å².